The zero-order chi connectivity index (χ0) is 13.0. The summed E-state index contributed by atoms with van der Waals surface area (Å²) >= 11 is 1.34. The molecular formula is C12H15N3O2S. The number of rotatable bonds is 5. The van der Waals surface area contributed by atoms with Crippen LogP contribution in [-0.2, 0) is 0 Å². The maximum absolute atomic E-state index is 12.1. The van der Waals surface area contributed by atoms with E-state index in [1.807, 2.05) is 13.1 Å². The molecule has 18 heavy (non-hydrogen) atoms. The van der Waals surface area contributed by atoms with Crippen LogP contribution in [-0.4, -0.2) is 43.0 Å². The van der Waals surface area contributed by atoms with E-state index < -0.39 is 0 Å². The van der Waals surface area contributed by atoms with Gasteiger partial charge in [0, 0.05) is 20.1 Å². The molecule has 0 aliphatic rings. The fourth-order valence-corrected chi connectivity index (χ4v) is 2.34. The summed E-state index contributed by atoms with van der Waals surface area (Å²) in [5, 5.41) is 3.74. The molecule has 2 aromatic heterocycles. The highest BCUT2D eigenvalue weighted by molar-refractivity contribution is 7.16. The molecular weight excluding hydrogens is 250 g/mol. The van der Waals surface area contributed by atoms with E-state index in [1.54, 1.807) is 30.5 Å². The molecule has 96 valence electrons. The number of nitrogens with one attached hydrogen (secondary N) is 1. The lowest BCUT2D eigenvalue weighted by atomic mass is 10.4. The second kappa shape index (κ2) is 5.79. The molecule has 0 saturated carbocycles. The summed E-state index contributed by atoms with van der Waals surface area (Å²) in [5.41, 5.74) is 0. The first-order valence-corrected chi connectivity index (χ1v) is 6.44. The van der Waals surface area contributed by atoms with Crippen LogP contribution in [0.5, 0.6) is 0 Å². The van der Waals surface area contributed by atoms with Crippen LogP contribution in [0, 0.1) is 0 Å². The Morgan fingerprint density at radius 1 is 1.61 bits per heavy atom. The van der Waals surface area contributed by atoms with Crippen LogP contribution in [0.4, 0.5) is 0 Å². The van der Waals surface area contributed by atoms with E-state index >= 15 is 0 Å². The minimum absolute atomic E-state index is 0.0134. The molecule has 0 fully saturated rings. The van der Waals surface area contributed by atoms with E-state index in [-0.39, 0.29) is 5.91 Å². The van der Waals surface area contributed by atoms with Gasteiger partial charge in [0.2, 0.25) is 0 Å². The minimum atomic E-state index is -0.0134. The average Bonchev–Trinajstić information content (AvgIpc) is 3.04. The Balaban J connectivity index is 2.08. The molecule has 2 rings (SSSR count). The van der Waals surface area contributed by atoms with Gasteiger partial charge in [-0.15, -0.1) is 11.3 Å². The maximum atomic E-state index is 12.1. The SMILES string of the molecule is CNCCN(C)C(=O)c1cnc(-c2ccco2)s1. The van der Waals surface area contributed by atoms with Crippen molar-refractivity contribution in [1.29, 1.82) is 0 Å². The highest BCUT2D eigenvalue weighted by Gasteiger charge is 2.16. The molecule has 2 heterocycles. The van der Waals surface area contributed by atoms with Crippen molar-refractivity contribution < 1.29 is 9.21 Å². The Kier molecular flexibility index (Phi) is 4.11. The van der Waals surface area contributed by atoms with Crippen molar-refractivity contribution in [2.45, 2.75) is 0 Å². The number of amides is 1. The lowest BCUT2D eigenvalue weighted by Crippen LogP contribution is -2.32. The monoisotopic (exact) mass is 265 g/mol. The molecule has 0 unspecified atom stereocenters. The lowest BCUT2D eigenvalue weighted by molar-refractivity contribution is 0.0801. The zero-order valence-corrected chi connectivity index (χ0v) is 11.2. The first kappa shape index (κ1) is 12.8. The first-order chi connectivity index (χ1) is 8.72. The number of nitrogens with zero attached hydrogens (tertiary/aromatic N) is 2. The Hall–Kier alpha value is -1.66. The minimum Gasteiger partial charge on any atom is -0.462 e. The van der Waals surface area contributed by atoms with Gasteiger partial charge in [-0.05, 0) is 19.2 Å². The number of furan rings is 1. The first-order valence-electron chi connectivity index (χ1n) is 5.62. The highest BCUT2D eigenvalue weighted by atomic mass is 32.1. The summed E-state index contributed by atoms with van der Waals surface area (Å²) in [6, 6.07) is 3.63. The van der Waals surface area contributed by atoms with Crippen molar-refractivity contribution in [3.63, 3.8) is 0 Å². The molecule has 6 heteroatoms. The predicted octanol–water partition coefficient (Wildman–Crippen LogP) is 1.69. The highest BCUT2D eigenvalue weighted by Crippen LogP contribution is 2.25. The molecule has 0 aromatic carbocycles. The third kappa shape index (κ3) is 2.77. The Bertz CT molecular complexity index is 507. The third-order valence-corrected chi connectivity index (χ3v) is 3.49. The summed E-state index contributed by atoms with van der Waals surface area (Å²) in [6.45, 7) is 1.44. The normalized spacial score (nSPS) is 10.6. The molecule has 5 nitrogen and oxygen atoms in total. The van der Waals surface area contributed by atoms with E-state index in [0.717, 1.165) is 11.6 Å². The summed E-state index contributed by atoms with van der Waals surface area (Å²) in [7, 11) is 3.64. The Morgan fingerprint density at radius 2 is 2.44 bits per heavy atom. The van der Waals surface area contributed by atoms with Gasteiger partial charge >= 0.3 is 0 Å². The van der Waals surface area contributed by atoms with Crippen molar-refractivity contribution in [3.8, 4) is 10.8 Å². The lowest BCUT2D eigenvalue weighted by Gasteiger charge is -2.15. The van der Waals surface area contributed by atoms with Gasteiger partial charge in [0.1, 0.15) is 4.88 Å². The standard InChI is InChI=1S/C12H15N3O2S/c1-13-5-6-15(2)12(16)10-8-14-11(18-10)9-4-3-7-17-9/h3-4,7-8,13H,5-6H2,1-2H3. The van der Waals surface area contributed by atoms with Crippen molar-refractivity contribution in [3.05, 3.63) is 29.5 Å². The summed E-state index contributed by atoms with van der Waals surface area (Å²) in [5.74, 6) is 0.678. The van der Waals surface area contributed by atoms with Gasteiger partial charge in [-0.25, -0.2) is 4.98 Å². The fourth-order valence-electron chi connectivity index (χ4n) is 1.46. The molecule has 0 saturated heterocycles. The van der Waals surface area contributed by atoms with E-state index in [4.69, 9.17) is 4.42 Å². The molecule has 0 spiro atoms. The molecule has 2 aromatic rings. The van der Waals surface area contributed by atoms with Crippen molar-refractivity contribution in [2.75, 3.05) is 27.2 Å². The molecule has 0 atom stereocenters. The smallest absolute Gasteiger partial charge is 0.265 e. The van der Waals surface area contributed by atoms with Gasteiger partial charge in [0.25, 0.3) is 5.91 Å². The molecule has 0 bridgehead atoms. The van der Waals surface area contributed by atoms with Gasteiger partial charge in [0.05, 0.1) is 12.5 Å². The predicted molar refractivity (Wildman–Crippen MR) is 70.7 cm³/mol. The topological polar surface area (TPSA) is 58.4 Å². The number of likely N-dealkylation sites (N-methyl/N-ethyl adjacent to an activating group) is 2. The van der Waals surface area contributed by atoms with Crippen LogP contribution in [0.2, 0.25) is 0 Å². The molecule has 0 aliphatic heterocycles. The molecule has 0 aliphatic carbocycles. The number of hydrogen-bond acceptors (Lipinski definition) is 5. The maximum Gasteiger partial charge on any atom is 0.265 e. The summed E-state index contributed by atoms with van der Waals surface area (Å²) < 4.78 is 5.25. The van der Waals surface area contributed by atoms with E-state index in [9.17, 15) is 4.79 Å². The van der Waals surface area contributed by atoms with Gasteiger partial charge < -0.3 is 14.6 Å². The van der Waals surface area contributed by atoms with Crippen molar-refractivity contribution in [1.82, 2.24) is 15.2 Å². The van der Waals surface area contributed by atoms with Crippen LogP contribution in [0.15, 0.2) is 29.0 Å². The number of carbonyl (C=O) groups excluding carboxylic acids is 1. The van der Waals surface area contributed by atoms with Crippen LogP contribution in [0.25, 0.3) is 10.8 Å². The van der Waals surface area contributed by atoms with Crippen LogP contribution in [0.1, 0.15) is 9.67 Å². The van der Waals surface area contributed by atoms with E-state index in [0.29, 0.717) is 17.2 Å². The Morgan fingerprint density at radius 3 is 3.11 bits per heavy atom. The van der Waals surface area contributed by atoms with E-state index in [2.05, 4.69) is 10.3 Å². The number of aromatic nitrogens is 1. The third-order valence-electron chi connectivity index (χ3n) is 2.49. The Labute approximate surface area is 109 Å². The zero-order valence-electron chi connectivity index (χ0n) is 10.3. The van der Waals surface area contributed by atoms with Gasteiger partial charge in [-0.2, -0.15) is 0 Å². The average molecular weight is 265 g/mol. The summed E-state index contributed by atoms with van der Waals surface area (Å²) in [6.07, 6.45) is 3.19. The molecule has 0 radical (unpaired) electrons. The largest absolute Gasteiger partial charge is 0.462 e. The van der Waals surface area contributed by atoms with Crippen LogP contribution < -0.4 is 5.32 Å². The number of thiazole rings is 1. The van der Waals surface area contributed by atoms with Crippen LogP contribution >= 0.6 is 11.3 Å². The fraction of sp³-hybridized carbons (Fsp3) is 0.333. The molecule has 1 N–H and O–H groups in total. The second-order valence-electron chi connectivity index (χ2n) is 3.84. The van der Waals surface area contributed by atoms with Gasteiger partial charge in [0.15, 0.2) is 10.8 Å². The quantitative estimate of drug-likeness (QED) is 0.894. The van der Waals surface area contributed by atoms with E-state index in [1.165, 1.54) is 11.3 Å². The van der Waals surface area contributed by atoms with Crippen molar-refractivity contribution in [2.24, 2.45) is 0 Å². The van der Waals surface area contributed by atoms with Crippen molar-refractivity contribution >= 4 is 17.2 Å². The number of hydrogen-bond donors (Lipinski definition) is 1. The molecule has 1 amide bonds. The van der Waals surface area contributed by atoms with Gasteiger partial charge in [-0.1, -0.05) is 0 Å². The van der Waals surface area contributed by atoms with Gasteiger partial charge in [-0.3, -0.25) is 4.79 Å². The second-order valence-corrected chi connectivity index (χ2v) is 4.87. The number of carbonyl (C=O) groups is 1. The summed E-state index contributed by atoms with van der Waals surface area (Å²) in [4.78, 5) is 18.6. The van der Waals surface area contributed by atoms with Crippen LogP contribution in [0.3, 0.4) is 0 Å².